The Labute approximate surface area is 84.2 Å². The van der Waals surface area contributed by atoms with E-state index in [0.717, 1.165) is 19.5 Å². The minimum Gasteiger partial charge on any atom is -1.00 e. The number of aryl methyl sites for hydroxylation is 1. The van der Waals surface area contributed by atoms with Crippen molar-refractivity contribution < 1.29 is 21.5 Å². The van der Waals surface area contributed by atoms with Crippen LogP contribution in [0.15, 0.2) is 30.6 Å². The van der Waals surface area contributed by atoms with Crippen molar-refractivity contribution in [3.8, 4) is 0 Å². The van der Waals surface area contributed by atoms with Crippen LogP contribution >= 0.6 is 0 Å². The molecule has 1 rings (SSSR count). The molecule has 0 bridgehead atoms. The molecule has 1 aromatic rings. The van der Waals surface area contributed by atoms with E-state index in [1.807, 2.05) is 18.2 Å². The van der Waals surface area contributed by atoms with Crippen LogP contribution in [0.2, 0.25) is 0 Å². The lowest BCUT2D eigenvalue weighted by Gasteiger charge is -1.93. The summed E-state index contributed by atoms with van der Waals surface area (Å²) < 4.78 is 2.18. The fourth-order valence-electron chi connectivity index (χ4n) is 1.02. The fraction of sp³-hybridized carbons (Fsp3) is 0.444. The first kappa shape index (κ1) is 11.6. The molecule has 1 aromatic heterocycles. The van der Waals surface area contributed by atoms with E-state index in [1.54, 1.807) is 0 Å². The zero-order valence-electron chi connectivity index (χ0n) is 7.12. The number of hydrogen-bond acceptors (Lipinski definition) is 1. The smallest absolute Gasteiger partial charge is 0.168 e. The Morgan fingerprint density at radius 2 is 1.67 bits per heavy atom. The highest BCUT2D eigenvalue weighted by atomic mass is 79.9. The van der Waals surface area contributed by atoms with Crippen molar-refractivity contribution in [3.63, 3.8) is 0 Å². The lowest BCUT2D eigenvalue weighted by molar-refractivity contribution is -0.697. The summed E-state index contributed by atoms with van der Waals surface area (Å²) >= 11 is 0. The summed E-state index contributed by atoms with van der Waals surface area (Å²) in [5, 5.41) is 0. The van der Waals surface area contributed by atoms with Gasteiger partial charge in [0.1, 0.15) is 6.54 Å². The van der Waals surface area contributed by atoms with Gasteiger partial charge in [0.15, 0.2) is 12.4 Å². The highest BCUT2D eigenvalue weighted by Crippen LogP contribution is 1.85. The maximum atomic E-state index is 5.38. The van der Waals surface area contributed by atoms with Gasteiger partial charge in [0, 0.05) is 18.6 Å². The predicted octanol–water partition coefficient (Wildman–Crippen LogP) is -2.28. The molecule has 1 heterocycles. The van der Waals surface area contributed by atoms with Crippen LogP contribution in [0, 0.1) is 0 Å². The Kier molecular flexibility index (Phi) is 7.00. The molecule has 0 amide bonds. The van der Waals surface area contributed by atoms with Gasteiger partial charge in [0.05, 0.1) is 0 Å². The molecule has 0 radical (unpaired) electrons. The van der Waals surface area contributed by atoms with Crippen LogP contribution in [-0.2, 0) is 6.54 Å². The van der Waals surface area contributed by atoms with Crippen molar-refractivity contribution >= 4 is 0 Å². The molecule has 3 heteroatoms. The van der Waals surface area contributed by atoms with Crippen LogP contribution in [0.5, 0.6) is 0 Å². The molecule has 0 aliphatic heterocycles. The number of pyridine rings is 1. The summed E-state index contributed by atoms with van der Waals surface area (Å²) in [6.45, 7) is 1.88. The molecule has 0 aliphatic carbocycles. The lowest BCUT2D eigenvalue weighted by atomic mass is 10.3. The Balaban J connectivity index is 0.00000121. The number of halogens is 1. The molecule has 0 aliphatic rings. The van der Waals surface area contributed by atoms with Gasteiger partial charge in [-0.25, -0.2) is 4.57 Å². The van der Waals surface area contributed by atoms with E-state index in [9.17, 15) is 0 Å². The van der Waals surface area contributed by atoms with Gasteiger partial charge in [-0.1, -0.05) is 6.07 Å². The van der Waals surface area contributed by atoms with Crippen LogP contribution < -0.4 is 27.3 Å². The highest BCUT2D eigenvalue weighted by Gasteiger charge is 1.94. The molecule has 2 nitrogen and oxygen atoms in total. The minimum atomic E-state index is 0. The average Bonchev–Trinajstić information content (AvgIpc) is 2.07. The van der Waals surface area contributed by atoms with Crippen LogP contribution in [-0.4, -0.2) is 6.54 Å². The fourth-order valence-corrected chi connectivity index (χ4v) is 1.02. The summed E-state index contributed by atoms with van der Waals surface area (Å²) in [6, 6.07) is 6.12. The van der Waals surface area contributed by atoms with Gasteiger partial charge < -0.3 is 22.7 Å². The van der Waals surface area contributed by atoms with Gasteiger partial charge in [0.25, 0.3) is 0 Å². The van der Waals surface area contributed by atoms with Gasteiger partial charge in [0.2, 0.25) is 0 Å². The molecule has 2 N–H and O–H groups in total. The summed E-state index contributed by atoms with van der Waals surface area (Å²) in [5.74, 6) is 0. The van der Waals surface area contributed by atoms with E-state index in [4.69, 9.17) is 5.73 Å². The molecular weight excluding hydrogens is 216 g/mol. The Morgan fingerprint density at radius 3 is 2.25 bits per heavy atom. The molecule has 0 saturated heterocycles. The third-order valence-electron chi connectivity index (χ3n) is 1.65. The van der Waals surface area contributed by atoms with E-state index in [-0.39, 0.29) is 17.0 Å². The second-order valence-corrected chi connectivity index (χ2v) is 2.61. The Hall–Kier alpha value is -0.410. The summed E-state index contributed by atoms with van der Waals surface area (Å²) in [4.78, 5) is 0. The van der Waals surface area contributed by atoms with Gasteiger partial charge in [-0.3, -0.25) is 0 Å². The first-order valence-electron chi connectivity index (χ1n) is 4.07. The third kappa shape index (κ3) is 4.46. The first-order valence-corrected chi connectivity index (χ1v) is 4.07. The van der Waals surface area contributed by atoms with Crippen LogP contribution in [0.4, 0.5) is 0 Å². The summed E-state index contributed by atoms with van der Waals surface area (Å²) in [7, 11) is 0. The first-order chi connectivity index (χ1) is 5.43. The van der Waals surface area contributed by atoms with Gasteiger partial charge >= 0.3 is 0 Å². The molecule has 0 spiro atoms. The van der Waals surface area contributed by atoms with Crippen LogP contribution in [0.1, 0.15) is 12.8 Å². The van der Waals surface area contributed by atoms with Gasteiger partial charge in [-0.2, -0.15) is 0 Å². The zero-order chi connectivity index (χ0) is 7.94. The largest absolute Gasteiger partial charge is 1.00 e. The standard InChI is InChI=1S/C9H15N2.BrH/c10-6-2-5-9-11-7-3-1-4-8-11;/h1,3-4,7-8H,2,5-6,9-10H2;1H/q+1;/p-1. The normalized spacial score (nSPS) is 9.08. The van der Waals surface area contributed by atoms with Crippen molar-refractivity contribution in [1.82, 2.24) is 0 Å². The van der Waals surface area contributed by atoms with E-state index >= 15 is 0 Å². The number of nitrogens with two attached hydrogens (primary N) is 1. The molecular formula is C9H15BrN2. The number of aromatic nitrogens is 1. The molecule has 0 fully saturated rings. The molecule has 12 heavy (non-hydrogen) atoms. The lowest BCUT2D eigenvalue weighted by Crippen LogP contribution is -3.00. The van der Waals surface area contributed by atoms with Crippen molar-refractivity contribution in [1.29, 1.82) is 0 Å². The van der Waals surface area contributed by atoms with E-state index in [2.05, 4.69) is 17.0 Å². The van der Waals surface area contributed by atoms with Gasteiger partial charge in [-0.05, 0) is 13.0 Å². The Morgan fingerprint density at radius 1 is 1.00 bits per heavy atom. The number of unbranched alkanes of at least 4 members (excludes halogenated alkanes) is 1. The highest BCUT2D eigenvalue weighted by molar-refractivity contribution is 4.83. The molecule has 68 valence electrons. The molecule has 0 atom stereocenters. The average molecular weight is 231 g/mol. The zero-order valence-corrected chi connectivity index (χ0v) is 8.70. The number of rotatable bonds is 4. The topological polar surface area (TPSA) is 29.9 Å². The van der Waals surface area contributed by atoms with Crippen LogP contribution in [0.3, 0.4) is 0 Å². The van der Waals surface area contributed by atoms with E-state index in [1.165, 1.54) is 6.42 Å². The maximum absolute atomic E-state index is 5.38. The minimum absolute atomic E-state index is 0. The van der Waals surface area contributed by atoms with Crippen molar-refractivity contribution in [2.75, 3.05) is 6.54 Å². The van der Waals surface area contributed by atoms with Crippen LogP contribution in [0.25, 0.3) is 0 Å². The SMILES string of the molecule is NCCCC[n+]1ccccc1.[Br-]. The van der Waals surface area contributed by atoms with Crippen molar-refractivity contribution in [2.45, 2.75) is 19.4 Å². The van der Waals surface area contributed by atoms with Crippen molar-refractivity contribution in [3.05, 3.63) is 30.6 Å². The third-order valence-corrected chi connectivity index (χ3v) is 1.65. The molecule has 0 unspecified atom stereocenters. The Bertz CT molecular complexity index is 189. The van der Waals surface area contributed by atoms with E-state index < -0.39 is 0 Å². The molecule has 0 aromatic carbocycles. The second-order valence-electron chi connectivity index (χ2n) is 2.61. The van der Waals surface area contributed by atoms with E-state index in [0.29, 0.717) is 0 Å². The second kappa shape index (κ2) is 7.25. The predicted molar refractivity (Wildman–Crippen MR) is 44.9 cm³/mol. The maximum Gasteiger partial charge on any atom is 0.168 e. The monoisotopic (exact) mass is 230 g/mol. The van der Waals surface area contributed by atoms with Crippen molar-refractivity contribution in [2.24, 2.45) is 5.73 Å². The number of hydrogen-bond donors (Lipinski definition) is 1. The quantitative estimate of drug-likeness (QED) is 0.459. The summed E-state index contributed by atoms with van der Waals surface area (Å²) in [6.07, 6.45) is 6.44. The molecule has 0 saturated carbocycles. The number of nitrogens with zero attached hydrogens (tertiary/aromatic N) is 1. The summed E-state index contributed by atoms with van der Waals surface area (Å²) in [5.41, 5.74) is 5.38. The van der Waals surface area contributed by atoms with Gasteiger partial charge in [-0.15, -0.1) is 0 Å².